The number of aryl methyl sites for hydroxylation is 2. The van der Waals surface area contributed by atoms with Gasteiger partial charge < -0.3 is 14.6 Å². The maximum Gasteiger partial charge on any atom is 0.299 e. The summed E-state index contributed by atoms with van der Waals surface area (Å²) in [5.41, 5.74) is 3.18. The number of rotatable bonds is 4. The third-order valence-corrected chi connectivity index (χ3v) is 5.45. The van der Waals surface area contributed by atoms with Crippen LogP contribution in [0.3, 0.4) is 0 Å². The van der Waals surface area contributed by atoms with Crippen LogP contribution in [0.15, 0.2) is 21.9 Å². The van der Waals surface area contributed by atoms with E-state index in [9.17, 15) is 4.79 Å². The van der Waals surface area contributed by atoms with Crippen molar-refractivity contribution in [2.45, 2.75) is 33.2 Å². The van der Waals surface area contributed by atoms with Crippen molar-refractivity contribution in [2.75, 3.05) is 18.0 Å². The average Bonchev–Trinajstić information content (AvgIpc) is 3.25. The minimum atomic E-state index is 0.0238. The molecule has 1 aliphatic rings. The zero-order chi connectivity index (χ0) is 18.1. The molecule has 7 nitrogen and oxygen atoms in total. The molecule has 8 heteroatoms. The summed E-state index contributed by atoms with van der Waals surface area (Å²) in [7, 11) is 0. The van der Waals surface area contributed by atoms with Crippen LogP contribution in [0.2, 0.25) is 0 Å². The highest BCUT2D eigenvalue weighted by Crippen LogP contribution is 2.26. The third kappa shape index (κ3) is 3.55. The molecule has 0 bridgehead atoms. The summed E-state index contributed by atoms with van der Waals surface area (Å²) in [4.78, 5) is 27.7. The first-order chi connectivity index (χ1) is 12.6. The molecule has 0 aromatic carbocycles. The molecule has 1 N–H and O–H groups in total. The highest BCUT2D eigenvalue weighted by molar-refractivity contribution is 7.09. The molecular formula is C18H21N5O2S. The second-order valence-electron chi connectivity index (χ2n) is 6.61. The summed E-state index contributed by atoms with van der Waals surface area (Å²) in [6.07, 6.45) is 1.57. The Bertz CT molecular complexity index is 927. The molecule has 1 saturated heterocycles. The summed E-state index contributed by atoms with van der Waals surface area (Å²) in [5.74, 6) is 0.126. The maximum atomic E-state index is 12.4. The van der Waals surface area contributed by atoms with Gasteiger partial charge in [-0.1, -0.05) is 0 Å². The smallest absolute Gasteiger partial charge is 0.299 e. The Morgan fingerprint density at radius 2 is 2.08 bits per heavy atom. The second-order valence-corrected chi connectivity index (χ2v) is 7.67. The van der Waals surface area contributed by atoms with E-state index in [-0.39, 0.29) is 11.8 Å². The first-order valence-electron chi connectivity index (χ1n) is 8.76. The van der Waals surface area contributed by atoms with E-state index in [0.717, 1.165) is 42.3 Å². The molecular weight excluding hydrogens is 350 g/mol. The number of hydrogen-bond donors (Lipinski definition) is 1. The molecule has 4 rings (SSSR count). The molecule has 0 radical (unpaired) electrons. The van der Waals surface area contributed by atoms with Gasteiger partial charge in [-0.25, -0.2) is 9.97 Å². The zero-order valence-corrected chi connectivity index (χ0v) is 15.7. The van der Waals surface area contributed by atoms with Crippen LogP contribution in [0.5, 0.6) is 0 Å². The monoisotopic (exact) mass is 371 g/mol. The Morgan fingerprint density at radius 1 is 1.27 bits per heavy atom. The average molecular weight is 371 g/mol. The highest BCUT2D eigenvalue weighted by atomic mass is 32.1. The lowest BCUT2D eigenvalue weighted by Gasteiger charge is -2.30. The minimum Gasteiger partial charge on any atom is -0.422 e. The molecule has 3 aromatic heterocycles. The van der Waals surface area contributed by atoms with Gasteiger partial charge in [0.15, 0.2) is 5.58 Å². The fourth-order valence-electron chi connectivity index (χ4n) is 3.18. The quantitative estimate of drug-likeness (QED) is 0.759. The maximum absolute atomic E-state index is 12.4. The Kier molecular flexibility index (Phi) is 4.58. The first kappa shape index (κ1) is 17.0. The number of pyridine rings is 1. The molecule has 0 aliphatic carbocycles. The zero-order valence-electron chi connectivity index (χ0n) is 14.9. The number of anilines is 1. The minimum absolute atomic E-state index is 0.0238. The third-order valence-electron chi connectivity index (χ3n) is 4.63. The van der Waals surface area contributed by atoms with E-state index in [1.807, 2.05) is 31.4 Å². The van der Waals surface area contributed by atoms with Crippen molar-refractivity contribution in [3.05, 3.63) is 33.9 Å². The summed E-state index contributed by atoms with van der Waals surface area (Å²) < 4.78 is 5.81. The van der Waals surface area contributed by atoms with Crippen LogP contribution in [-0.2, 0) is 11.3 Å². The van der Waals surface area contributed by atoms with E-state index in [1.165, 1.54) is 0 Å². The van der Waals surface area contributed by atoms with Crippen molar-refractivity contribution >= 4 is 34.5 Å². The number of thiazole rings is 1. The van der Waals surface area contributed by atoms with Crippen molar-refractivity contribution in [2.24, 2.45) is 5.92 Å². The van der Waals surface area contributed by atoms with Gasteiger partial charge in [-0.15, -0.1) is 11.3 Å². The number of nitrogens with one attached hydrogen (secondary N) is 1. The van der Waals surface area contributed by atoms with Crippen molar-refractivity contribution in [1.29, 1.82) is 0 Å². The predicted molar refractivity (Wildman–Crippen MR) is 100 cm³/mol. The van der Waals surface area contributed by atoms with Gasteiger partial charge in [-0.3, -0.25) is 4.79 Å². The Hall–Kier alpha value is -2.48. The molecule has 0 unspecified atom stereocenters. The van der Waals surface area contributed by atoms with Crippen LogP contribution in [0.1, 0.15) is 29.2 Å². The summed E-state index contributed by atoms with van der Waals surface area (Å²) in [5, 5.41) is 6.01. The fraction of sp³-hybridized carbons (Fsp3) is 0.444. The molecule has 3 aromatic rings. The Labute approximate surface area is 155 Å². The Morgan fingerprint density at radius 3 is 2.81 bits per heavy atom. The lowest BCUT2D eigenvalue weighted by atomic mass is 9.96. The van der Waals surface area contributed by atoms with Crippen LogP contribution >= 0.6 is 11.3 Å². The number of carbonyl (C=O) groups excluding carboxylic acids is 1. The number of hydrogen-bond acceptors (Lipinski definition) is 7. The number of oxazole rings is 1. The number of carbonyl (C=O) groups is 1. The Balaban J connectivity index is 1.33. The highest BCUT2D eigenvalue weighted by Gasteiger charge is 2.27. The molecule has 0 spiro atoms. The van der Waals surface area contributed by atoms with Crippen molar-refractivity contribution in [3.63, 3.8) is 0 Å². The van der Waals surface area contributed by atoms with E-state index < -0.39 is 0 Å². The van der Waals surface area contributed by atoms with Gasteiger partial charge in [-0.2, -0.15) is 4.98 Å². The molecule has 1 amide bonds. The van der Waals surface area contributed by atoms with E-state index in [4.69, 9.17) is 4.42 Å². The van der Waals surface area contributed by atoms with E-state index >= 15 is 0 Å². The normalized spacial score (nSPS) is 15.5. The van der Waals surface area contributed by atoms with Gasteiger partial charge in [0, 0.05) is 30.1 Å². The van der Waals surface area contributed by atoms with Crippen molar-refractivity contribution in [3.8, 4) is 0 Å². The van der Waals surface area contributed by atoms with Gasteiger partial charge in [0.05, 0.1) is 17.2 Å². The summed E-state index contributed by atoms with van der Waals surface area (Å²) in [6.45, 7) is 5.90. The van der Waals surface area contributed by atoms with Gasteiger partial charge in [0.2, 0.25) is 11.6 Å². The van der Waals surface area contributed by atoms with E-state index in [0.29, 0.717) is 23.8 Å². The SMILES string of the molecule is Cc1ccc2oc(N3CCC(C(=O)NCc4csc(C)n4)CC3)nc2n1. The van der Waals surface area contributed by atoms with Gasteiger partial charge in [0.25, 0.3) is 6.01 Å². The predicted octanol–water partition coefficient (Wildman–Crippen LogP) is 2.83. The molecule has 1 aliphatic heterocycles. The number of nitrogens with zero attached hydrogens (tertiary/aromatic N) is 4. The summed E-state index contributed by atoms with van der Waals surface area (Å²) in [6, 6.07) is 4.40. The largest absolute Gasteiger partial charge is 0.422 e. The number of aromatic nitrogens is 3. The van der Waals surface area contributed by atoms with Gasteiger partial charge in [-0.05, 0) is 38.8 Å². The lowest BCUT2D eigenvalue weighted by molar-refractivity contribution is -0.125. The second kappa shape index (κ2) is 7.03. The molecule has 4 heterocycles. The topological polar surface area (TPSA) is 84.2 Å². The molecule has 0 atom stereocenters. The van der Waals surface area contributed by atoms with Crippen LogP contribution in [0.25, 0.3) is 11.2 Å². The van der Waals surface area contributed by atoms with Crippen LogP contribution in [-0.4, -0.2) is 33.9 Å². The number of fused-ring (bicyclic) bond motifs is 1. The van der Waals surface area contributed by atoms with Crippen molar-refractivity contribution < 1.29 is 9.21 Å². The van der Waals surface area contributed by atoms with E-state index in [2.05, 4.69) is 25.2 Å². The standard InChI is InChI=1S/C18H21N5O2S/c1-11-3-4-15-16(20-11)22-18(25-15)23-7-5-13(6-8-23)17(24)19-9-14-10-26-12(2)21-14/h3-4,10,13H,5-9H2,1-2H3,(H,19,24). The van der Waals surface area contributed by atoms with Gasteiger partial charge >= 0.3 is 0 Å². The van der Waals surface area contributed by atoms with E-state index in [1.54, 1.807) is 11.3 Å². The van der Waals surface area contributed by atoms with Crippen LogP contribution in [0.4, 0.5) is 6.01 Å². The van der Waals surface area contributed by atoms with Crippen LogP contribution < -0.4 is 10.2 Å². The van der Waals surface area contributed by atoms with Gasteiger partial charge in [0.1, 0.15) is 0 Å². The fourth-order valence-corrected chi connectivity index (χ4v) is 3.79. The molecule has 1 fully saturated rings. The molecule has 0 saturated carbocycles. The van der Waals surface area contributed by atoms with Crippen molar-refractivity contribution in [1.82, 2.24) is 20.3 Å². The number of piperidine rings is 1. The molecule has 26 heavy (non-hydrogen) atoms. The first-order valence-corrected chi connectivity index (χ1v) is 9.64. The van der Waals surface area contributed by atoms with Crippen LogP contribution in [0, 0.1) is 19.8 Å². The molecule has 136 valence electrons. The summed E-state index contributed by atoms with van der Waals surface area (Å²) >= 11 is 1.60. The lowest BCUT2D eigenvalue weighted by Crippen LogP contribution is -2.40. The number of amides is 1.